The number of anilines is 1. The quantitative estimate of drug-likeness (QED) is 0.509. The molecule has 4 rings (SSSR count). The van der Waals surface area contributed by atoms with Crippen LogP contribution >= 0.6 is 0 Å². The fourth-order valence-corrected chi connectivity index (χ4v) is 3.57. The Balaban J connectivity index is 1.59. The van der Waals surface area contributed by atoms with Gasteiger partial charge in [-0.3, -0.25) is 9.78 Å². The van der Waals surface area contributed by atoms with Gasteiger partial charge in [0.1, 0.15) is 12.1 Å². The zero-order valence-corrected chi connectivity index (χ0v) is 17.0. The molecule has 1 unspecified atom stereocenters. The number of aryl methyl sites for hydroxylation is 1. The molecular formula is C24H23N5O. The molecule has 0 spiro atoms. The Hall–Kier alpha value is -3.80. The summed E-state index contributed by atoms with van der Waals surface area (Å²) in [6.07, 6.45) is 4.07. The van der Waals surface area contributed by atoms with Crippen molar-refractivity contribution in [2.24, 2.45) is 5.73 Å². The van der Waals surface area contributed by atoms with Gasteiger partial charge in [-0.25, -0.2) is 9.97 Å². The number of rotatable bonds is 6. The number of amides is 1. The van der Waals surface area contributed by atoms with Gasteiger partial charge >= 0.3 is 0 Å². The van der Waals surface area contributed by atoms with Crippen LogP contribution in [0.25, 0.3) is 10.9 Å². The van der Waals surface area contributed by atoms with Crippen LogP contribution in [-0.2, 0) is 6.42 Å². The maximum absolute atomic E-state index is 11.7. The standard InChI is InChI=1S/C24H23N5O/c1-15-9-10-26-19(11-15)13-17-5-3-6-18(12-17)16(2)29-24-21-8-4-7-20(23(25)30)22(21)27-14-28-24/h3-12,14,16H,13H2,1-2H3,(H2,25,30)(H,27,28,29). The highest BCUT2D eigenvalue weighted by molar-refractivity contribution is 6.06. The molecule has 4 aromatic rings. The minimum atomic E-state index is -0.504. The molecular weight excluding hydrogens is 374 g/mol. The number of para-hydroxylation sites is 1. The molecule has 0 bridgehead atoms. The van der Waals surface area contributed by atoms with Gasteiger partial charge in [-0.1, -0.05) is 30.3 Å². The molecule has 2 aromatic heterocycles. The van der Waals surface area contributed by atoms with E-state index in [0.29, 0.717) is 16.9 Å². The maximum atomic E-state index is 11.7. The van der Waals surface area contributed by atoms with Crippen molar-refractivity contribution in [2.75, 3.05) is 5.32 Å². The molecule has 2 aromatic carbocycles. The number of benzene rings is 2. The summed E-state index contributed by atoms with van der Waals surface area (Å²) in [7, 11) is 0. The van der Waals surface area contributed by atoms with Crippen LogP contribution in [0.5, 0.6) is 0 Å². The van der Waals surface area contributed by atoms with Crippen LogP contribution in [-0.4, -0.2) is 20.9 Å². The van der Waals surface area contributed by atoms with E-state index in [9.17, 15) is 4.79 Å². The zero-order chi connectivity index (χ0) is 21.1. The molecule has 150 valence electrons. The van der Waals surface area contributed by atoms with Crippen LogP contribution in [0.15, 0.2) is 67.1 Å². The molecule has 30 heavy (non-hydrogen) atoms. The third-order valence-electron chi connectivity index (χ3n) is 5.09. The first-order valence-corrected chi connectivity index (χ1v) is 9.81. The second-order valence-corrected chi connectivity index (χ2v) is 7.40. The lowest BCUT2D eigenvalue weighted by atomic mass is 10.0. The Morgan fingerprint density at radius 2 is 1.90 bits per heavy atom. The summed E-state index contributed by atoms with van der Waals surface area (Å²) < 4.78 is 0. The highest BCUT2D eigenvalue weighted by atomic mass is 16.1. The predicted octanol–water partition coefficient (Wildman–Crippen LogP) is 4.20. The van der Waals surface area contributed by atoms with Gasteiger partial charge in [-0.05, 0) is 54.8 Å². The number of hydrogen-bond acceptors (Lipinski definition) is 5. The van der Waals surface area contributed by atoms with E-state index in [4.69, 9.17) is 5.73 Å². The van der Waals surface area contributed by atoms with E-state index in [1.165, 1.54) is 17.5 Å². The number of carbonyl (C=O) groups is 1. The molecule has 0 aliphatic heterocycles. The molecule has 0 saturated carbocycles. The minimum Gasteiger partial charge on any atom is -0.366 e. The first kappa shape index (κ1) is 19.5. The van der Waals surface area contributed by atoms with Crippen molar-refractivity contribution in [3.8, 4) is 0 Å². The van der Waals surface area contributed by atoms with E-state index < -0.39 is 5.91 Å². The Morgan fingerprint density at radius 1 is 1.07 bits per heavy atom. The summed E-state index contributed by atoms with van der Waals surface area (Å²) in [5.41, 5.74) is 11.0. The summed E-state index contributed by atoms with van der Waals surface area (Å²) in [6.45, 7) is 4.15. The van der Waals surface area contributed by atoms with Gasteiger partial charge in [0.05, 0.1) is 11.1 Å². The monoisotopic (exact) mass is 397 g/mol. The Labute approximate surface area is 175 Å². The van der Waals surface area contributed by atoms with E-state index in [-0.39, 0.29) is 6.04 Å². The van der Waals surface area contributed by atoms with E-state index in [1.807, 2.05) is 18.3 Å². The van der Waals surface area contributed by atoms with E-state index in [2.05, 4.69) is 64.4 Å². The van der Waals surface area contributed by atoms with Crippen LogP contribution in [0.3, 0.4) is 0 Å². The van der Waals surface area contributed by atoms with Crippen LogP contribution in [0.2, 0.25) is 0 Å². The van der Waals surface area contributed by atoms with Crippen LogP contribution < -0.4 is 11.1 Å². The number of carbonyl (C=O) groups excluding carboxylic acids is 1. The maximum Gasteiger partial charge on any atom is 0.250 e. The van der Waals surface area contributed by atoms with Crippen molar-refractivity contribution in [3.63, 3.8) is 0 Å². The Kier molecular flexibility index (Phi) is 5.39. The van der Waals surface area contributed by atoms with E-state index in [1.54, 1.807) is 12.1 Å². The highest BCUT2D eigenvalue weighted by Gasteiger charge is 2.14. The van der Waals surface area contributed by atoms with Gasteiger partial charge in [0.25, 0.3) is 5.91 Å². The number of aromatic nitrogens is 3. The van der Waals surface area contributed by atoms with Gasteiger partial charge in [-0.2, -0.15) is 0 Å². The van der Waals surface area contributed by atoms with Crippen molar-refractivity contribution in [3.05, 3.63) is 95.1 Å². The first-order valence-electron chi connectivity index (χ1n) is 9.81. The SMILES string of the molecule is Cc1ccnc(Cc2cccc(C(C)Nc3ncnc4c(C(N)=O)cccc34)c2)c1. The molecule has 6 heteroatoms. The fraction of sp³-hybridized carbons (Fsp3) is 0.167. The summed E-state index contributed by atoms with van der Waals surface area (Å²) >= 11 is 0. The largest absolute Gasteiger partial charge is 0.366 e. The molecule has 6 nitrogen and oxygen atoms in total. The van der Waals surface area contributed by atoms with Crippen LogP contribution in [0.4, 0.5) is 5.82 Å². The number of nitrogens with zero attached hydrogens (tertiary/aromatic N) is 3. The number of hydrogen-bond donors (Lipinski definition) is 2. The normalized spacial score (nSPS) is 11.9. The van der Waals surface area contributed by atoms with Crippen molar-refractivity contribution in [2.45, 2.75) is 26.3 Å². The molecule has 2 heterocycles. The molecule has 0 radical (unpaired) electrons. The highest BCUT2D eigenvalue weighted by Crippen LogP contribution is 2.26. The third kappa shape index (κ3) is 4.12. The summed E-state index contributed by atoms with van der Waals surface area (Å²) in [6, 6.07) is 17.9. The molecule has 1 atom stereocenters. The fourth-order valence-electron chi connectivity index (χ4n) is 3.57. The van der Waals surface area contributed by atoms with Gasteiger partial charge < -0.3 is 11.1 Å². The molecule has 0 aliphatic carbocycles. The lowest BCUT2D eigenvalue weighted by Crippen LogP contribution is -2.13. The van der Waals surface area contributed by atoms with E-state index in [0.717, 1.165) is 23.1 Å². The molecule has 0 aliphatic rings. The van der Waals surface area contributed by atoms with Crippen LogP contribution in [0.1, 0.15) is 45.7 Å². The lowest BCUT2D eigenvalue weighted by Gasteiger charge is -2.17. The smallest absolute Gasteiger partial charge is 0.250 e. The number of nitrogens with one attached hydrogen (secondary N) is 1. The minimum absolute atomic E-state index is 0.00533. The zero-order valence-electron chi connectivity index (χ0n) is 17.0. The lowest BCUT2D eigenvalue weighted by molar-refractivity contribution is 0.100. The number of fused-ring (bicyclic) bond motifs is 1. The Bertz CT molecular complexity index is 1220. The second kappa shape index (κ2) is 8.29. The molecule has 0 fully saturated rings. The second-order valence-electron chi connectivity index (χ2n) is 7.40. The number of nitrogens with two attached hydrogens (primary N) is 1. The van der Waals surface area contributed by atoms with Crippen molar-refractivity contribution in [1.29, 1.82) is 0 Å². The average Bonchev–Trinajstić information content (AvgIpc) is 2.73. The van der Waals surface area contributed by atoms with E-state index >= 15 is 0 Å². The molecule has 1 amide bonds. The van der Waals surface area contributed by atoms with Gasteiger partial charge in [0.15, 0.2) is 0 Å². The topological polar surface area (TPSA) is 93.8 Å². The first-order chi connectivity index (χ1) is 14.5. The van der Waals surface area contributed by atoms with Crippen LogP contribution in [0, 0.1) is 6.92 Å². The van der Waals surface area contributed by atoms with Crippen molar-refractivity contribution >= 4 is 22.6 Å². The molecule has 0 saturated heterocycles. The Morgan fingerprint density at radius 3 is 2.70 bits per heavy atom. The third-order valence-corrected chi connectivity index (χ3v) is 5.09. The van der Waals surface area contributed by atoms with Crippen molar-refractivity contribution in [1.82, 2.24) is 15.0 Å². The molecule has 3 N–H and O–H groups in total. The predicted molar refractivity (Wildman–Crippen MR) is 118 cm³/mol. The summed E-state index contributed by atoms with van der Waals surface area (Å²) in [5, 5.41) is 4.21. The van der Waals surface area contributed by atoms with Crippen molar-refractivity contribution < 1.29 is 4.79 Å². The number of pyridine rings is 1. The summed E-state index contributed by atoms with van der Waals surface area (Å²) in [4.78, 5) is 24.8. The van der Waals surface area contributed by atoms with Gasteiger partial charge in [-0.15, -0.1) is 0 Å². The summed E-state index contributed by atoms with van der Waals surface area (Å²) in [5.74, 6) is 0.164. The van der Waals surface area contributed by atoms with Gasteiger partial charge in [0.2, 0.25) is 0 Å². The number of primary amides is 1. The van der Waals surface area contributed by atoms with Gasteiger partial charge in [0, 0.05) is 29.7 Å². The average molecular weight is 397 g/mol.